The van der Waals surface area contributed by atoms with E-state index >= 15 is 0 Å². The van der Waals surface area contributed by atoms with Crippen molar-refractivity contribution in [2.75, 3.05) is 24.3 Å². The molecule has 2 N–H and O–H groups in total. The molecule has 2 aromatic carbocycles. The lowest BCUT2D eigenvalue weighted by atomic mass is 10.1. The van der Waals surface area contributed by atoms with E-state index in [0.717, 1.165) is 28.6 Å². The Hall–Kier alpha value is -2.96. The van der Waals surface area contributed by atoms with E-state index in [9.17, 15) is 18.0 Å². The fourth-order valence-corrected chi connectivity index (χ4v) is 2.85. The number of H-pyrrole nitrogens is 1. The molecule has 0 radical (unpaired) electrons. The van der Waals surface area contributed by atoms with Crippen LogP contribution in [-0.4, -0.2) is 25.0 Å². The van der Waals surface area contributed by atoms with Crippen molar-refractivity contribution in [3.05, 3.63) is 59.8 Å². The first-order valence-corrected chi connectivity index (χ1v) is 7.99. The Kier molecular flexibility index (Phi) is 4.63. The number of nitrogens with zero attached hydrogens (tertiary/aromatic N) is 1. The molecule has 1 aromatic heterocycles. The number of hydrogen-bond donors (Lipinski definition) is 2. The van der Waals surface area contributed by atoms with Crippen LogP contribution in [0.1, 0.15) is 11.1 Å². The smallest absolute Gasteiger partial charge is 0.376 e. The van der Waals surface area contributed by atoms with Gasteiger partial charge in [0.05, 0.1) is 23.4 Å². The normalized spacial score (nSPS) is 11.6. The average Bonchev–Trinajstić information content (AvgIpc) is 2.97. The molecule has 0 aliphatic heterocycles. The Balaban J connectivity index is 1.86. The molecule has 0 atom stereocenters. The summed E-state index contributed by atoms with van der Waals surface area (Å²) in [5, 5.41) is 3.53. The second-order valence-corrected chi connectivity index (χ2v) is 6.21. The van der Waals surface area contributed by atoms with Gasteiger partial charge in [0.2, 0.25) is 5.91 Å². The summed E-state index contributed by atoms with van der Waals surface area (Å²) in [6.45, 7) is 0. The quantitative estimate of drug-likeness (QED) is 0.722. The lowest BCUT2D eigenvalue weighted by Crippen LogP contribution is -2.19. The van der Waals surface area contributed by atoms with E-state index in [-0.39, 0.29) is 18.0 Å². The molecular weight excluding hydrogens is 343 g/mol. The van der Waals surface area contributed by atoms with Crippen molar-refractivity contribution in [2.45, 2.75) is 12.6 Å². The predicted molar refractivity (Wildman–Crippen MR) is 96.4 cm³/mol. The highest BCUT2D eigenvalue weighted by Crippen LogP contribution is 2.35. The molecule has 0 unspecified atom stereocenters. The molecule has 136 valence electrons. The van der Waals surface area contributed by atoms with Crippen molar-refractivity contribution < 1.29 is 18.0 Å². The molecule has 26 heavy (non-hydrogen) atoms. The number of carbonyl (C=O) groups is 1. The molecule has 3 rings (SSSR count). The van der Waals surface area contributed by atoms with Crippen molar-refractivity contribution in [3.8, 4) is 0 Å². The third kappa shape index (κ3) is 3.66. The number of carbonyl (C=O) groups excluding carboxylic acids is 1. The van der Waals surface area contributed by atoms with Crippen LogP contribution in [0.2, 0.25) is 0 Å². The van der Waals surface area contributed by atoms with E-state index in [1.165, 1.54) is 6.07 Å². The molecular formula is C19H18F3N3O. The monoisotopic (exact) mass is 361 g/mol. The minimum atomic E-state index is -4.47. The number of hydrogen-bond acceptors (Lipinski definition) is 2. The summed E-state index contributed by atoms with van der Waals surface area (Å²) in [6, 6.07) is 10.9. The zero-order valence-corrected chi connectivity index (χ0v) is 14.3. The molecule has 0 bridgehead atoms. The van der Waals surface area contributed by atoms with E-state index in [2.05, 4.69) is 10.3 Å². The standard InChI is InChI=1S/C19H18F3N3O/c1-25(2)17-8-7-13(19(20,21)22)10-16(17)24-18(26)9-12-11-23-15-6-4-3-5-14(12)15/h3-8,10-11,23H,9H2,1-2H3,(H,24,26). The first-order valence-electron chi connectivity index (χ1n) is 7.99. The van der Waals surface area contributed by atoms with Crippen molar-refractivity contribution in [3.63, 3.8) is 0 Å². The minimum absolute atomic E-state index is 0.0626. The summed E-state index contributed by atoms with van der Waals surface area (Å²) in [5.41, 5.74) is 1.53. The van der Waals surface area contributed by atoms with Gasteiger partial charge >= 0.3 is 6.18 Å². The van der Waals surface area contributed by atoms with Crippen molar-refractivity contribution in [1.82, 2.24) is 4.98 Å². The first-order chi connectivity index (χ1) is 12.3. The number of alkyl halides is 3. The number of para-hydroxylation sites is 1. The third-order valence-electron chi connectivity index (χ3n) is 4.11. The van der Waals surface area contributed by atoms with Gasteiger partial charge in [-0.2, -0.15) is 13.2 Å². The van der Waals surface area contributed by atoms with Crippen LogP contribution in [0.4, 0.5) is 24.5 Å². The maximum atomic E-state index is 13.0. The number of amides is 1. The summed E-state index contributed by atoms with van der Waals surface area (Å²) in [6.07, 6.45) is -2.67. The molecule has 1 heterocycles. The number of benzene rings is 2. The highest BCUT2D eigenvalue weighted by atomic mass is 19.4. The number of aromatic nitrogens is 1. The predicted octanol–water partition coefficient (Wildman–Crippen LogP) is 4.43. The molecule has 1 amide bonds. The van der Waals surface area contributed by atoms with Crippen LogP contribution >= 0.6 is 0 Å². The lowest BCUT2D eigenvalue weighted by molar-refractivity contribution is -0.137. The van der Waals surface area contributed by atoms with Gasteiger partial charge in [-0.15, -0.1) is 0 Å². The van der Waals surface area contributed by atoms with Crippen LogP contribution in [0.5, 0.6) is 0 Å². The Morgan fingerprint density at radius 1 is 1.15 bits per heavy atom. The number of fused-ring (bicyclic) bond motifs is 1. The Bertz CT molecular complexity index is 945. The fourth-order valence-electron chi connectivity index (χ4n) is 2.85. The van der Waals surface area contributed by atoms with Crippen LogP contribution in [0.25, 0.3) is 10.9 Å². The van der Waals surface area contributed by atoms with Gasteiger partial charge in [0.1, 0.15) is 0 Å². The van der Waals surface area contributed by atoms with Crippen LogP contribution in [0.3, 0.4) is 0 Å². The molecule has 0 spiro atoms. The summed E-state index contributed by atoms with van der Waals surface area (Å²) < 4.78 is 39.0. The van der Waals surface area contributed by atoms with Crippen molar-refractivity contribution in [1.29, 1.82) is 0 Å². The Morgan fingerprint density at radius 3 is 2.58 bits per heavy atom. The Morgan fingerprint density at radius 2 is 1.88 bits per heavy atom. The average molecular weight is 361 g/mol. The summed E-state index contributed by atoms with van der Waals surface area (Å²) in [4.78, 5) is 17.2. The van der Waals surface area contributed by atoms with Crippen molar-refractivity contribution >= 4 is 28.2 Å². The van der Waals surface area contributed by atoms with Gasteiger partial charge in [-0.1, -0.05) is 18.2 Å². The SMILES string of the molecule is CN(C)c1ccc(C(F)(F)F)cc1NC(=O)Cc1c[nH]c2ccccc12. The first kappa shape index (κ1) is 17.8. The molecule has 0 aliphatic carbocycles. The molecule has 4 nitrogen and oxygen atoms in total. The summed E-state index contributed by atoms with van der Waals surface area (Å²) >= 11 is 0. The molecule has 0 fully saturated rings. The number of nitrogens with one attached hydrogen (secondary N) is 2. The van der Waals surface area contributed by atoms with E-state index in [1.54, 1.807) is 25.2 Å². The van der Waals surface area contributed by atoms with Gasteiger partial charge in [0, 0.05) is 31.2 Å². The van der Waals surface area contributed by atoms with E-state index in [4.69, 9.17) is 0 Å². The number of anilines is 2. The van der Waals surface area contributed by atoms with Crippen molar-refractivity contribution in [2.24, 2.45) is 0 Å². The molecule has 3 aromatic rings. The zero-order valence-electron chi connectivity index (χ0n) is 14.3. The summed E-state index contributed by atoms with van der Waals surface area (Å²) in [7, 11) is 3.41. The Labute approximate surface area is 148 Å². The van der Waals surface area contributed by atoms with Crippen LogP contribution in [0, 0.1) is 0 Å². The second-order valence-electron chi connectivity index (χ2n) is 6.21. The van der Waals surface area contributed by atoms with E-state index in [1.807, 2.05) is 24.3 Å². The van der Waals surface area contributed by atoms with Gasteiger partial charge < -0.3 is 15.2 Å². The number of rotatable bonds is 4. The van der Waals surface area contributed by atoms with Gasteiger partial charge in [-0.25, -0.2) is 0 Å². The maximum Gasteiger partial charge on any atom is 0.416 e. The highest BCUT2D eigenvalue weighted by molar-refractivity contribution is 5.98. The minimum Gasteiger partial charge on any atom is -0.376 e. The van der Waals surface area contributed by atoms with Gasteiger partial charge in [0.25, 0.3) is 0 Å². The molecule has 0 saturated heterocycles. The zero-order chi connectivity index (χ0) is 18.9. The second kappa shape index (κ2) is 6.74. The summed E-state index contributed by atoms with van der Waals surface area (Å²) in [5.74, 6) is -0.378. The van der Waals surface area contributed by atoms with E-state index in [0.29, 0.717) is 5.69 Å². The largest absolute Gasteiger partial charge is 0.416 e. The highest BCUT2D eigenvalue weighted by Gasteiger charge is 2.31. The topological polar surface area (TPSA) is 48.1 Å². The van der Waals surface area contributed by atoms with Crippen LogP contribution in [-0.2, 0) is 17.4 Å². The van der Waals surface area contributed by atoms with Crippen LogP contribution < -0.4 is 10.2 Å². The maximum absolute atomic E-state index is 13.0. The van der Waals surface area contributed by atoms with Gasteiger partial charge in [-0.05, 0) is 29.8 Å². The van der Waals surface area contributed by atoms with Crippen LogP contribution in [0.15, 0.2) is 48.7 Å². The third-order valence-corrected chi connectivity index (χ3v) is 4.11. The molecule has 7 heteroatoms. The van der Waals surface area contributed by atoms with Gasteiger partial charge in [-0.3, -0.25) is 4.79 Å². The molecule has 0 aliphatic rings. The lowest BCUT2D eigenvalue weighted by Gasteiger charge is -2.19. The van der Waals surface area contributed by atoms with Gasteiger partial charge in [0.15, 0.2) is 0 Å². The molecule has 0 saturated carbocycles. The fraction of sp³-hybridized carbons (Fsp3) is 0.211. The number of aromatic amines is 1. The van der Waals surface area contributed by atoms with E-state index < -0.39 is 11.7 Å². The number of halogens is 3.